The third-order valence-electron chi connectivity index (χ3n) is 8.92. The van der Waals surface area contributed by atoms with E-state index in [2.05, 4.69) is 6.07 Å². The molecule has 3 heterocycles. The van der Waals surface area contributed by atoms with Gasteiger partial charge in [-0.2, -0.15) is 0 Å². The Bertz CT molecular complexity index is 895. The molecule has 2 saturated carbocycles. The van der Waals surface area contributed by atoms with Gasteiger partial charge in [0, 0.05) is 30.7 Å². The van der Waals surface area contributed by atoms with Crippen LogP contribution in [0, 0.1) is 5.92 Å². The fourth-order valence-electron chi connectivity index (χ4n) is 7.77. The van der Waals surface area contributed by atoms with E-state index in [4.69, 9.17) is 9.47 Å². The molecule has 0 radical (unpaired) electrons. The van der Waals surface area contributed by atoms with Crippen molar-refractivity contribution in [1.82, 2.24) is 0 Å². The molecular formula is C22H26NO4+. The third-order valence-corrected chi connectivity index (χ3v) is 8.92. The van der Waals surface area contributed by atoms with Crippen molar-refractivity contribution in [2.24, 2.45) is 5.92 Å². The molecule has 1 aromatic rings. The smallest absolute Gasteiger partial charge is 0.174 e. The number of carbonyl (C=O) groups is 1. The fraction of sp³-hybridized carbons (Fsp3) is 0.682. The summed E-state index contributed by atoms with van der Waals surface area (Å²) in [7, 11) is 0. The van der Waals surface area contributed by atoms with Crippen LogP contribution in [0.25, 0.3) is 0 Å². The van der Waals surface area contributed by atoms with Crippen molar-refractivity contribution in [3.05, 3.63) is 23.3 Å². The van der Waals surface area contributed by atoms with Gasteiger partial charge in [-0.05, 0) is 30.9 Å². The summed E-state index contributed by atoms with van der Waals surface area (Å²) in [5, 5.41) is 10.5. The molecule has 2 saturated heterocycles. The molecule has 0 aromatic heterocycles. The first-order valence-corrected chi connectivity index (χ1v) is 10.6. The number of morpholine rings is 1. The molecule has 2 spiro atoms. The standard InChI is InChI=1S/C22H25NO4/c24-15-4-3-14-11-17-22-6-5-16(25)20-21(22,18(14)19(15)27-20)7-8-23(17,9-10-26-22)12-13-1-2-13/h3-4,13,17,20H,1-2,5-12H2/p+1/t17-,20+,21+,22-,23?/m1/s1. The molecule has 1 N–H and O–H groups in total. The number of aromatic hydroxyl groups is 1. The lowest BCUT2D eigenvalue weighted by Gasteiger charge is -2.69. The van der Waals surface area contributed by atoms with Crippen LogP contribution in [0.5, 0.6) is 11.5 Å². The van der Waals surface area contributed by atoms with Crippen LogP contribution in [0.3, 0.4) is 0 Å². The SMILES string of the molecule is O=C1CC[C@]23OCC[N+]4(CC5CC5)CC[C@@]25c2c(ccc(O)c2O[C@@H]15)C[C@H]34. The molecule has 5 atom stereocenters. The number of nitrogens with zero attached hydrogens (tertiary/aromatic N) is 1. The maximum atomic E-state index is 13.0. The van der Waals surface area contributed by atoms with E-state index in [0.717, 1.165) is 50.4 Å². The maximum Gasteiger partial charge on any atom is 0.174 e. The third kappa shape index (κ3) is 1.53. The van der Waals surface area contributed by atoms with Crippen molar-refractivity contribution < 1.29 is 23.9 Å². The maximum absolute atomic E-state index is 13.0. The van der Waals surface area contributed by atoms with Crippen LogP contribution in [-0.4, -0.2) is 59.4 Å². The lowest BCUT2D eigenvalue weighted by molar-refractivity contribution is -0.977. The van der Waals surface area contributed by atoms with Gasteiger partial charge in [-0.25, -0.2) is 0 Å². The van der Waals surface area contributed by atoms with Crippen molar-refractivity contribution in [2.75, 3.05) is 26.2 Å². The van der Waals surface area contributed by atoms with Crippen molar-refractivity contribution in [1.29, 1.82) is 0 Å². The van der Waals surface area contributed by atoms with Gasteiger partial charge in [0.15, 0.2) is 23.4 Å². The van der Waals surface area contributed by atoms with Gasteiger partial charge >= 0.3 is 0 Å². The largest absolute Gasteiger partial charge is 0.504 e. The van der Waals surface area contributed by atoms with Gasteiger partial charge < -0.3 is 19.1 Å². The van der Waals surface area contributed by atoms with E-state index in [1.165, 1.54) is 29.4 Å². The van der Waals surface area contributed by atoms with Gasteiger partial charge in [-0.3, -0.25) is 4.79 Å². The minimum atomic E-state index is -0.475. The van der Waals surface area contributed by atoms with Gasteiger partial charge in [-0.1, -0.05) is 6.07 Å². The van der Waals surface area contributed by atoms with Crippen molar-refractivity contribution in [3.8, 4) is 11.5 Å². The Labute approximate surface area is 158 Å². The second kappa shape index (κ2) is 4.52. The number of phenols is 1. The normalized spacial score (nSPS) is 46.0. The first-order valence-electron chi connectivity index (χ1n) is 10.6. The number of ether oxygens (including phenoxy) is 2. The van der Waals surface area contributed by atoms with Crippen LogP contribution < -0.4 is 4.74 Å². The molecule has 0 amide bonds. The van der Waals surface area contributed by atoms with E-state index >= 15 is 0 Å². The summed E-state index contributed by atoms with van der Waals surface area (Å²) in [4.78, 5) is 13.0. The second-order valence-corrected chi connectivity index (χ2v) is 9.88. The van der Waals surface area contributed by atoms with Crippen LogP contribution >= 0.6 is 0 Å². The molecule has 7 rings (SSSR count). The summed E-state index contributed by atoms with van der Waals surface area (Å²) in [5.74, 6) is 1.83. The number of phenolic OH excluding ortho intramolecular Hbond substituents is 1. The van der Waals surface area contributed by atoms with E-state index in [1.807, 2.05) is 0 Å². The molecule has 3 aliphatic heterocycles. The van der Waals surface area contributed by atoms with Gasteiger partial charge in [0.05, 0.1) is 25.1 Å². The van der Waals surface area contributed by atoms with Crippen LogP contribution in [0.1, 0.15) is 43.2 Å². The van der Waals surface area contributed by atoms with Crippen molar-refractivity contribution >= 4 is 5.78 Å². The first-order chi connectivity index (χ1) is 13.1. The number of rotatable bonds is 2. The average molecular weight is 368 g/mol. The molecule has 4 bridgehead atoms. The summed E-state index contributed by atoms with van der Waals surface area (Å²) in [5.41, 5.74) is 1.70. The van der Waals surface area contributed by atoms with E-state index in [1.54, 1.807) is 6.07 Å². The number of ketones is 1. The second-order valence-electron chi connectivity index (χ2n) is 9.88. The van der Waals surface area contributed by atoms with Gasteiger partial charge in [0.2, 0.25) is 0 Å². The van der Waals surface area contributed by atoms with E-state index in [9.17, 15) is 9.90 Å². The summed E-state index contributed by atoms with van der Waals surface area (Å²) in [6.07, 6.45) is 5.57. The number of carbonyl (C=O) groups excluding carboxylic acids is 1. The highest BCUT2D eigenvalue weighted by molar-refractivity contribution is 5.90. The number of benzene rings is 1. The Hall–Kier alpha value is -1.59. The lowest BCUT2D eigenvalue weighted by atomic mass is 9.48. The highest BCUT2D eigenvalue weighted by atomic mass is 16.5. The minimum Gasteiger partial charge on any atom is -0.504 e. The molecule has 5 heteroatoms. The molecule has 5 nitrogen and oxygen atoms in total. The van der Waals surface area contributed by atoms with Gasteiger partial charge in [0.25, 0.3) is 0 Å². The van der Waals surface area contributed by atoms with Crippen molar-refractivity contribution in [3.63, 3.8) is 0 Å². The number of hydrogen-bond acceptors (Lipinski definition) is 4. The molecule has 27 heavy (non-hydrogen) atoms. The first kappa shape index (κ1) is 15.3. The zero-order valence-electron chi connectivity index (χ0n) is 15.6. The van der Waals surface area contributed by atoms with E-state index in [0.29, 0.717) is 18.2 Å². The Kier molecular flexibility index (Phi) is 2.57. The number of quaternary nitrogens is 1. The average Bonchev–Trinajstić information content (AvgIpc) is 3.38. The van der Waals surface area contributed by atoms with Crippen LogP contribution in [0.15, 0.2) is 12.1 Å². The molecular weight excluding hydrogens is 342 g/mol. The molecule has 3 aliphatic carbocycles. The van der Waals surface area contributed by atoms with Crippen molar-refractivity contribution in [2.45, 2.75) is 61.7 Å². The van der Waals surface area contributed by atoms with Crippen LogP contribution in [0.4, 0.5) is 0 Å². The summed E-state index contributed by atoms with van der Waals surface area (Å²) in [6.45, 7) is 4.30. The Balaban J connectivity index is 1.51. The molecule has 1 aromatic carbocycles. The predicted octanol–water partition coefficient (Wildman–Crippen LogP) is 2.08. The fourth-order valence-corrected chi connectivity index (χ4v) is 7.77. The van der Waals surface area contributed by atoms with E-state index in [-0.39, 0.29) is 22.5 Å². The number of piperidine rings is 1. The Morgan fingerprint density at radius 3 is 2.96 bits per heavy atom. The molecule has 4 fully saturated rings. The highest BCUT2D eigenvalue weighted by Crippen LogP contribution is 2.68. The predicted molar refractivity (Wildman–Crippen MR) is 96.8 cm³/mol. The zero-order valence-corrected chi connectivity index (χ0v) is 15.6. The topological polar surface area (TPSA) is 55.8 Å². The summed E-state index contributed by atoms with van der Waals surface area (Å²) >= 11 is 0. The number of Topliss-reactive ketones (excluding diaryl/α,β-unsaturated/α-hetero) is 1. The Morgan fingerprint density at radius 1 is 1.22 bits per heavy atom. The lowest BCUT2D eigenvalue weighted by Crippen LogP contribution is -2.85. The monoisotopic (exact) mass is 368 g/mol. The molecule has 142 valence electrons. The minimum absolute atomic E-state index is 0.180. The van der Waals surface area contributed by atoms with Crippen LogP contribution in [-0.2, 0) is 21.4 Å². The number of hydrogen-bond donors (Lipinski definition) is 1. The molecule has 6 aliphatic rings. The van der Waals surface area contributed by atoms with Crippen LogP contribution in [0.2, 0.25) is 0 Å². The summed E-state index contributed by atoms with van der Waals surface area (Å²) in [6, 6.07) is 4.26. The van der Waals surface area contributed by atoms with Gasteiger partial charge in [0.1, 0.15) is 18.2 Å². The zero-order chi connectivity index (χ0) is 18.0. The van der Waals surface area contributed by atoms with Gasteiger partial charge in [-0.15, -0.1) is 0 Å². The summed E-state index contributed by atoms with van der Waals surface area (Å²) < 4.78 is 14.2. The van der Waals surface area contributed by atoms with E-state index < -0.39 is 6.10 Å². The Morgan fingerprint density at radius 2 is 2.11 bits per heavy atom. The molecule has 1 unspecified atom stereocenters. The quantitative estimate of drug-likeness (QED) is 0.812. The highest BCUT2D eigenvalue weighted by Gasteiger charge is 2.79.